The fraction of sp³-hybridized carbons (Fsp3) is 0.438. The van der Waals surface area contributed by atoms with Crippen molar-refractivity contribution in [1.82, 2.24) is 20.2 Å². The Morgan fingerprint density at radius 1 is 0.950 bits per heavy atom. The summed E-state index contributed by atoms with van der Waals surface area (Å²) < 4.78 is 16.6. The lowest BCUT2D eigenvalue weighted by atomic mass is 9.94. The Kier molecular flexibility index (Phi) is 5.64. The minimum absolute atomic E-state index is 0.118. The monoisotopic (exact) mass is 538 g/mol. The Morgan fingerprint density at radius 2 is 1.73 bits per heavy atom. The van der Waals surface area contributed by atoms with Crippen LogP contribution in [0.3, 0.4) is 0 Å². The van der Waals surface area contributed by atoms with Gasteiger partial charge >= 0.3 is 0 Å². The minimum Gasteiger partial charge on any atom is -0.508 e. The van der Waals surface area contributed by atoms with Crippen LogP contribution in [-0.4, -0.2) is 70.3 Å². The highest BCUT2D eigenvalue weighted by molar-refractivity contribution is 6.01. The van der Waals surface area contributed by atoms with Gasteiger partial charge in [-0.05, 0) is 86.1 Å². The Balaban J connectivity index is 1.25. The summed E-state index contributed by atoms with van der Waals surface area (Å²) in [5, 5.41) is 20.2. The van der Waals surface area contributed by atoms with E-state index in [1.807, 2.05) is 36.4 Å². The molecule has 40 heavy (non-hydrogen) atoms. The molecule has 206 valence electrons. The van der Waals surface area contributed by atoms with Crippen molar-refractivity contribution in [2.45, 2.75) is 56.1 Å². The molecular formula is C32H35FN6O. The molecule has 0 radical (unpaired) electrons. The smallest absolute Gasteiger partial charge is 0.225 e. The van der Waals surface area contributed by atoms with E-state index in [2.05, 4.69) is 20.4 Å². The summed E-state index contributed by atoms with van der Waals surface area (Å²) in [5.41, 5.74) is 1.59. The van der Waals surface area contributed by atoms with Gasteiger partial charge in [0.1, 0.15) is 17.1 Å². The fourth-order valence-electron chi connectivity index (χ4n) is 7.92. The number of fused-ring (bicyclic) bond motifs is 5. The van der Waals surface area contributed by atoms with Crippen LogP contribution in [0, 0.1) is 5.82 Å². The second-order valence-electron chi connectivity index (χ2n) is 12.2. The molecule has 8 heteroatoms. The Labute approximate surface area is 233 Å². The third kappa shape index (κ3) is 3.91. The molecule has 4 fully saturated rings. The fourth-order valence-corrected chi connectivity index (χ4v) is 7.92. The molecule has 0 amide bonds. The number of hydrogen-bond acceptors (Lipinski definition) is 7. The van der Waals surface area contributed by atoms with Crippen LogP contribution < -0.4 is 15.5 Å². The normalized spacial score (nSPS) is 23.8. The highest BCUT2D eigenvalue weighted by Gasteiger charge is 2.44. The Hall–Kier alpha value is -3.49. The highest BCUT2D eigenvalue weighted by atomic mass is 19.1. The molecular weight excluding hydrogens is 503 g/mol. The van der Waals surface area contributed by atoms with E-state index in [1.165, 1.54) is 25.7 Å². The van der Waals surface area contributed by atoms with E-state index in [-0.39, 0.29) is 17.1 Å². The maximum atomic E-state index is 16.6. The number of aromatic nitrogens is 2. The van der Waals surface area contributed by atoms with Crippen LogP contribution in [0.2, 0.25) is 0 Å². The zero-order chi connectivity index (χ0) is 26.8. The van der Waals surface area contributed by atoms with Crippen molar-refractivity contribution in [1.29, 1.82) is 0 Å². The number of nitrogens with zero attached hydrogens (tertiary/aromatic N) is 4. The minimum atomic E-state index is -0.375. The molecule has 4 aliphatic heterocycles. The lowest BCUT2D eigenvalue weighted by Crippen LogP contribution is -2.51. The molecule has 0 saturated carbocycles. The second kappa shape index (κ2) is 9.28. The van der Waals surface area contributed by atoms with Gasteiger partial charge in [-0.1, -0.05) is 30.3 Å². The molecule has 7 nitrogen and oxygen atoms in total. The first-order chi connectivity index (χ1) is 19.6. The number of phenols is 1. The maximum Gasteiger partial charge on any atom is 0.225 e. The van der Waals surface area contributed by atoms with Gasteiger partial charge < -0.3 is 20.6 Å². The van der Waals surface area contributed by atoms with Crippen LogP contribution in [0.5, 0.6) is 5.75 Å². The number of aromatic hydroxyl groups is 1. The molecule has 0 spiro atoms. The van der Waals surface area contributed by atoms with E-state index in [9.17, 15) is 5.11 Å². The summed E-state index contributed by atoms with van der Waals surface area (Å²) in [6.45, 7) is 4.82. The quantitative estimate of drug-likeness (QED) is 0.319. The van der Waals surface area contributed by atoms with Gasteiger partial charge in [-0.15, -0.1) is 0 Å². The average Bonchev–Trinajstić information content (AvgIpc) is 3.65. The molecule has 4 aromatic rings. The molecule has 0 aliphatic carbocycles. The van der Waals surface area contributed by atoms with Gasteiger partial charge in [0.15, 0.2) is 5.82 Å². The first-order valence-electron chi connectivity index (χ1n) is 14.8. The van der Waals surface area contributed by atoms with Crippen molar-refractivity contribution in [3.8, 4) is 16.9 Å². The van der Waals surface area contributed by atoms with Gasteiger partial charge in [0.2, 0.25) is 5.95 Å². The Morgan fingerprint density at radius 3 is 2.52 bits per heavy atom. The summed E-state index contributed by atoms with van der Waals surface area (Å²) in [6, 6.07) is 15.8. The number of nitrogens with one attached hydrogen (secondary N) is 2. The van der Waals surface area contributed by atoms with Gasteiger partial charge in [-0.2, -0.15) is 4.98 Å². The van der Waals surface area contributed by atoms with E-state index in [1.54, 1.807) is 12.1 Å². The lowest BCUT2D eigenvalue weighted by molar-refractivity contribution is 0.209. The molecule has 3 N–H and O–H groups in total. The lowest BCUT2D eigenvalue weighted by Gasteiger charge is -2.35. The summed E-state index contributed by atoms with van der Waals surface area (Å²) in [4.78, 5) is 14.8. The van der Waals surface area contributed by atoms with Gasteiger partial charge in [0.05, 0.1) is 0 Å². The van der Waals surface area contributed by atoms with E-state index in [0.717, 1.165) is 67.5 Å². The maximum absolute atomic E-state index is 16.6. The number of benzene rings is 3. The van der Waals surface area contributed by atoms with Crippen LogP contribution in [-0.2, 0) is 0 Å². The van der Waals surface area contributed by atoms with Crippen LogP contribution in [0.25, 0.3) is 32.8 Å². The number of rotatable bonds is 5. The van der Waals surface area contributed by atoms with Crippen molar-refractivity contribution in [3.63, 3.8) is 0 Å². The van der Waals surface area contributed by atoms with Gasteiger partial charge in [-0.3, -0.25) is 4.90 Å². The van der Waals surface area contributed by atoms with Crippen molar-refractivity contribution in [2.75, 3.05) is 42.9 Å². The molecule has 2 bridgehead atoms. The number of anilines is 2. The van der Waals surface area contributed by atoms with Gasteiger partial charge in [0.25, 0.3) is 0 Å². The molecule has 2 atom stereocenters. The third-order valence-corrected chi connectivity index (χ3v) is 9.83. The van der Waals surface area contributed by atoms with Crippen molar-refractivity contribution in [2.24, 2.45) is 0 Å². The largest absolute Gasteiger partial charge is 0.508 e. The molecule has 1 aromatic heterocycles. The van der Waals surface area contributed by atoms with Crippen LogP contribution in [0.15, 0.2) is 48.5 Å². The summed E-state index contributed by atoms with van der Waals surface area (Å²) in [5.74, 6) is 1.05. The number of piperazine rings is 1. The highest BCUT2D eigenvalue weighted by Crippen LogP contribution is 2.41. The second-order valence-corrected chi connectivity index (χ2v) is 12.2. The van der Waals surface area contributed by atoms with Crippen LogP contribution >= 0.6 is 0 Å². The van der Waals surface area contributed by atoms with Crippen LogP contribution in [0.1, 0.15) is 38.5 Å². The Bertz CT molecular complexity index is 1600. The molecule has 4 saturated heterocycles. The SMILES string of the molecule is Oc1cc(-c2ccc3c(N4CC5CCC(C4)N5)nc(NCC45CCCN4CCC5)nc3c2F)c2ccccc2c1. The predicted molar refractivity (Wildman–Crippen MR) is 158 cm³/mol. The van der Waals surface area contributed by atoms with E-state index < -0.39 is 0 Å². The van der Waals surface area contributed by atoms with Crippen molar-refractivity contribution in [3.05, 3.63) is 54.3 Å². The first-order valence-corrected chi connectivity index (χ1v) is 14.8. The van der Waals surface area contributed by atoms with Gasteiger partial charge in [-0.25, -0.2) is 9.37 Å². The molecule has 5 heterocycles. The van der Waals surface area contributed by atoms with E-state index >= 15 is 4.39 Å². The molecule has 2 unspecified atom stereocenters. The van der Waals surface area contributed by atoms with E-state index in [4.69, 9.17) is 9.97 Å². The summed E-state index contributed by atoms with van der Waals surface area (Å²) in [6.07, 6.45) is 7.15. The summed E-state index contributed by atoms with van der Waals surface area (Å²) in [7, 11) is 0. The molecule has 8 rings (SSSR count). The standard InChI is InChI=1S/C32H35FN6O/c33-28-25(27-16-23(40)15-20-5-1-2-6-24(20)27)9-10-26-29(28)36-31(34-19-32-11-3-13-39(32)14-4-12-32)37-30(26)38-17-21-7-8-22(18-38)35-21/h1-2,5-6,9-10,15-16,21-22,35,40H,3-4,7-8,11-14,17-19H2,(H,34,36,37). The van der Waals surface area contributed by atoms with E-state index in [0.29, 0.717) is 34.7 Å². The zero-order valence-corrected chi connectivity index (χ0v) is 22.7. The molecule has 4 aliphatic rings. The third-order valence-electron chi connectivity index (χ3n) is 9.83. The summed E-state index contributed by atoms with van der Waals surface area (Å²) >= 11 is 0. The number of halogens is 1. The number of hydrogen-bond donors (Lipinski definition) is 3. The van der Waals surface area contributed by atoms with Crippen molar-refractivity contribution < 1.29 is 9.50 Å². The first kappa shape index (κ1) is 24.3. The zero-order valence-electron chi connectivity index (χ0n) is 22.7. The topological polar surface area (TPSA) is 76.6 Å². The number of phenolic OH excluding ortho intramolecular Hbond substituents is 1. The van der Waals surface area contributed by atoms with Crippen LogP contribution in [0.4, 0.5) is 16.2 Å². The van der Waals surface area contributed by atoms with Crippen molar-refractivity contribution >= 4 is 33.4 Å². The average molecular weight is 539 g/mol. The molecule has 3 aromatic carbocycles. The predicted octanol–water partition coefficient (Wildman–Crippen LogP) is 5.28. The van der Waals surface area contributed by atoms with Gasteiger partial charge in [0, 0.05) is 48.2 Å².